The average molecular weight is 341 g/mol. The van der Waals surface area contributed by atoms with E-state index in [0.717, 1.165) is 11.6 Å². The first-order chi connectivity index (χ1) is 12.1. The first-order valence-electron chi connectivity index (χ1n) is 7.61. The van der Waals surface area contributed by atoms with E-state index in [1.165, 1.54) is 19.2 Å². The Hall–Kier alpha value is -3.15. The van der Waals surface area contributed by atoms with Crippen LogP contribution in [0.4, 0.5) is 8.78 Å². The Kier molecular flexibility index (Phi) is 3.53. The number of H-pyrrole nitrogens is 1. The third-order valence-electron chi connectivity index (χ3n) is 4.24. The van der Waals surface area contributed by atoms with Gasteiger partial charge in [0.25, 0.3) is 0 Å². The van der Waals surface area contributed by atoms with Crippen molar-refractivity contribution in [2.45, 2.75) is 6.61 Å². The predicted molar refractivity (Wildman–Crippen MR) is 87.3 cm³/mol. The minimum atomic E-state index is -1.02. The first kappa shape index (κ1) is 15.4. The van der Waals surface area contributed by atoms with Crippen LogP contribution < -0.4 is 4.74 Å². The molecule has 0 saturated carbocycles. The Morgan fingerprint density at radius 2 is 1.88 bits per heavy atom. The SMILES string of the molecule is COC(=O)c1[nH]c2c(c1-c1cccc(F)c1F)COc1ccccc1-2. The summed E-state index contributed by atoms with van der Waals surface area (Å²) in [6.45, 7) is 0.130. The van der Waals surface area contributed by atoms with Crippen LogP contribution in [0, 0.1) is 11.6 Å². The van der Waals surface area contributed by atoms with Crippen molar-refractivity contribution in [3.63, 3.8) is 0 Å². The standard InChI is InChI=1S/C19H13F2NO3/c1-24-19(23)18-15(11-6-4-7-13(20)16(11)21)12-9-25-14-8-3-2-5-10(14)17(12)22-18/h2-8,22H,9H2,1H3. The number of ether oxygens (including phenoxy) is 2. The van der Waals surface area contributed by atoms with Crippen molar-refractivity contribution in [1.29, 1.82) is 0 Å². The fraction of sp³-hybridized carbons (Fsp3) is 0.105. The molecule has 0 radical (unpaired) electrons. The van der Waals surface area contributed by atoms with E-state index in [1.54, 1.807) is 6.07 Å². The molecule has 0 spiro atoms. The summed E-state index contributed by atoms with van der Waals surface area (Å²) in [6.07, 6.45) is 0. The predicted octanol–water partition coefficient (Wildman–Crippen LogP) is 4.31. The number of benzene rings is 2. The normalized spacial score (nSPS) is 12.1. The maximum absolute atomic E-state index is 14.4. The lowest BCUT2D eigenvalue weighted by atomic mass is 9.96. The van der Waals surface area contributed by atoms with Gasteiger partial charge in [-0.1, -0.05) is 24.3 Å². The van der Waals surface area contributed by atoms with Crippen molar-refractivity contribution < 1.29 is 23.0 Å². The summed E-state index contributed by atoms with van der Waals surface area (Å²) in [5.41, 5.74) is 2.29. The monoisotopic (exact) mass is 341 g/mol. The zero-order valence-electron chi connectivity index (χ0n) is 13.2. The highest BCUT2D eigenvalue weighted by Crippen LogP contribution is 2.43. The number of fused-ring (bicyclic) bond motifs is 3. The van der Waals surface area contributed by atoms with Crippen LogP contribution in [0.25, 0.3) is 22.4 Å². The van der Waals surface area contributed by atoms with Crippen molar-refractivity contribution in [3.05, 3.63) is 65.4 Å². The van der Waals surface area contributed by atoms with E-state index in [0.29, 0.717) is 17.0 Å². The maximum Gasteiger partial charge on any atom is 0.355 e. The molecule has 0 bridgehead atoms. The number of nitrogens with one attached hydrogen (secondary N) is 1. The number of carbonyl (C=O) groups excluding carboxylic acids is 1. The molecule has 25 heavy (non-hydrogen) atoms. The Balaban J connectivity index is 2.03. The Bertz CT molecular complexity index is 994. The van der Waals surface area contributed by atoms with Gasteiger partial charge in [-0.3, -0.25) is 0 Å². The fourth-order valence-electron chi connectivity index (χ4n) is 3.11. The van der Waals surface area contributed by atoms with Gasteiger partial charge >= 0.3 is 5.97 Å². The van der Waals surface area contributed by atoms with Crippen LogP contribution in [-0.2, 0) is 11.3 Å². The number of carbonyl (C=O) groups is 1. The minimum Gasteiger partial charge on any atom is -0.488 e. The zero-order chi connectivity index (χ0) is 17.6. The van der Waals surface area contributed by atoms with Crippen molar-refractivity contribution in [2.75, 3.05) is 7.11 Å². The first-order valence-corrected chi connectivity index (χ1v) is 7.61. The molecule has 1 aliphatic rings. The van der Waals surface area contributed by atoms with Crippen molar-refractivity contribution in [3.8, 4) is 28.1 Å². The quantitative estimate of drug-likeness (QED) is 0.707. The number of aromatic nitrogens is 1. The van der Waals surface area contributed by atoms with Crippen LogP contribution >= 0.6 is 0 Å². The minimum absolute atomic E-state index is 0.0131. The molecule has 0 aliphatic carbocycles. The lowest BCUT2D eigenvalue weighted by Crippen LogP contribution is -2.06. The molecule has 2 heterocycles. The molecular weight excluding hydrogens is 328 g/mol. The van der Waals surface area contributed by atoms with Crippen molar-refractivity contribution in [2.24, 2.45) is 0 Å². The Labute approximate surface area is 142 Å². The van der Waals surface area contributed by atoms with Crippen LogP contribution in [0.15, 0.2) is 42.5 Å². The van der Waals surface area contributed by atoms with Gasteiger partial charge in [-0.15, -0.1) is 0 Å². The highest BCUT2D eigenvalue weighted by atomic mass is 19.2. The van der Waals surface area contributed by atoms with Crippen LogP contribution in [-0.4, -0.2) is 18.1 Å². The van der Waals surface area contributed by atoms with Gasteiger partial charge in [0.05, 0.1) is 12.8 Å². The Morgan fingerprint density at radius 3 is 2.68 bits per heavy atom. The van der Waals surface area contributed by atoms with Gasteiger partial charge in [0.1, 0.15) is 18.1 Å². The summed E-state index contributed by atoms with van der Waals surface area (Å²) < 4.78 is 38.6. The van der Waals surface area contributed by atoms with Gasteiger partial charge < -0.3 is 14.5 Å². The molecule has 0 amide bonds. The lowest BCUT2D eigenvalue weighted by Gasteiger charge is -2.18. The number of para-hydroxylation sites is 1. The molecule has 0 fully saturated rings. The molecule has 0 atom stereocenters. The second kappa shape index (κ2) is 5.73. The van der Waals surface area contributed by atoms with Crippen molar-refractivity contribution in [1.82, 2.24) is 4.98 Å². The maximum atomic E-state index is 14.4. The number of methoxy groups -OCH3 is 1. The number of esters is 1. The lowest BCUT2D eigenvalue weighted by molar-refractivity contribution is 0.0596. The van der Waals surface area contributed by atoms with E-state index in [2.05, 4.69) is 4.98 Å². The summed E-state index contributed by atoms with van der Waals surface area (Å²) in [6, 6.07) is 11.2. The summed E-state index contributed by atoms with van der Waals surface area (Å²) in [7, 11) is 1.23. The molecule has 0 unspecified atom stereocenters. The zero-order valence-corrected chi connectivity index (χ0v) is 13.2. The third kappa shape index (κ3) is 2.29. The molecular formula is C19H13F2NO3. The van der Waals surface area contributed by atoms with E-state index in [-0.39, 0.29) is 23.4 Å². The summed E-state index contributed by atoms with van der Waals surface area (Å²) >= 11 is 0. The van der Waals surface area contributed by atoms with E-state index in [4.69, 9.17) is 9.47 Å². The highest BCUT2D eigenvalue weighted by Gasteiger charge is 2.30. The number of hydrogen-bond acceptors (Lipinski definition) is 3. The molecule has 3 aromatic rings. The van der Waals surface area contributed by atoms with E-state index in [9.17, 15) is 13.6 Å². The third-order valence-corrected chi connectivity index (χ3v) is 4.24. The van der Waals surface area contributed by atoms with Gasteiger partial charge in [-0.25, -0.2) is 13.6 Å². The van der Waals surface area contributed by atoms with Crippen LogP contribution in [0.2, 0.25) is 0 Å². The van der Waals surface area contributed by atoms with Crippen LogP contribution in [0.1, 0.15) is 16.1 Å². The Morgan fingerprint density at radius 1 is 1.12 bits per heavy atom. The molecule has 1 aliphatic heterocycles. The van der Waals surface area contributed by atoms with Crippen LogP contribution in [0.3, 0.4) is 0 Å². The highest BCUT2D eigenvalue weighted by molar-refractivity contribution is 6.00. The second-order valence-corrected chi connectivity index (χ2v) is 5.61. The van der Waals surface area contributed by atoms with Crippen LogP contribution in [0.5, 0.6) is 5.75 Å². The largest absolute Gasteiger partial charge is 0.488 e. The number of rotatable bonds is 2. The smallest absolute Gasteiger partial charge is 0.355 e. The molecule has 0 saturated heterocycles. The van der Waals surface area contributed by atoms with Gasteiger partial charge in [-0.05, 0) is 18.2 Å². The number of hydrogen-bond donors (Lipinski definition) is 1. The van der Waals surface area contributed by atoms with E-state index >= 15 is 0 Å². The summed E-state index contributed by atoms with van der Waals surface area (Å²) in [5.74, 6) is -2.02. The molecule has 1 N–H and O–H groups in total. The van der Waals surface area contributed by atoms with Gasteiger partial charge in [0, 0.05) is 22.3 Å². The molecule has 4 nitrogen and oxygen atoms in total. The fourth-order valence-corrected chi connectivity index (χ4v) is 3.11. The topological polar surface area (TPSA) is 51.3 Å². The van der Waals surface area contributed by atoms with Gasteiger partial charge in [-0.2, -0.15) is 0 Å². The van der Waals surface area contributed by atoms with Gasteiger partial charge in [0.2, 0.25) is 0 Å². The second-order valence-electron chi connectivity index (χ2n) is 5.61. The van der Waals surface area contributed by atoms with Crippen molar-refractivity contribution >= 4 is 5.97 Å². The average Bonchev–Trinajstić information content (AvgIpc) is 3.03. The number of aromatic amines is 1. The van der Waals surface area contributed by atoms with E-state index < -0.39 is 17.6 Å². The summed E-state index contributed by atoms with van der Waals surface area (Å²) in [4.78, 5) is 15.2. The molecule has 6 heteroatoms. The molecule has 1 aromatic heterocycles. The number of halogens is 2. The van der Waals surface area contributed by atoms with E-state index in [1.807, 2.05) is 18.2 Å². The molecule has 126 valence electrons. The van der Waals surface area contributed by atoms with Gasteiger partial charge in [0.15, 0.2) is 11.6 Å². The molecule has 2 aromatic carbocycles. The summed E-state index contributed by atoms with van der Waals surface area (Å²) in [5, 5.41) is 0. The molecule has 4 rings (SSSR count).